The van der Waals surface area contributed by atoms with Gasteiger partial charge in [0.25, 0.3) is 0 Å². The normalized spacial score (nSPS) is 11.0. The molecule has 6 rings (SSSR count). The van der Waals surface area contributed by atoms with Gasteiger partial charge in [-0.2, -0.15) is 0 Å². The van der Waals surface area contributed by atoms with Crippen LogP contribution >= 0.6 is 0 Å². The van der Waals surface area contributed by atoms with Crippen molar-refractivity contribution in [1.29, 1.82) is 0 Å². The number of ether oxygens (including phenoxy) is 1. The second-order valence-electron chi connectivity index (χ2n) is 13.9. The van der Waals surface area contributed by atoms with Gasteiger partial charge in [0, 0.05) is 47.1 Å². The van der Waals surface area contributed by atoms with Crippen LogP contribution in [0.25, 0.3) is 21.8 Å². The monoisotopic (exact) mass is 742 g/mol. The predicted molar refractivity (Wildman–Crippen MR) is 216 cm³/mol. The number of para-hydroxylation sites is 2. The molecule has 3 amide bonds. The van der Waals surface area contributed by atoms with Crippen molar-refractivity contribution < 1.29 is 29.3 Å². The highest BCUT2D eigenvalue weighted by atomic mass is 16.6. The van der Waals surface area contributed by atoms with E-state index in [0.717, 1.165) is 33.0 Å². The van der Waals surface area contributed by atoms with Gasteiger partial charge in [0.15, 0.2) is 0 Å². The summed E-state index contributed by atoms with van der Waals surface area (Å²) in [6.07, 6.45) is -0.570. The Labute approximate surface area is 320 Å². The fraction of sp³-hybridized carbons (Fsp3) is 0.233. The number of nitrogen functional groups attached to an aromatic ring is 1. The van der Waals surface area contributed by atoms with Gasteiger partial charge in [-0.25, -0.2) is 14.8 Å². The molecule has 0 bridgehead atoms. The van der Waals surface area contributed by atoms with Crippen molar-refractivity contribution in [3.8, 4) is 0 Å². The first-order valence-corrected chi connectivity index (χ1v) is 17.7. The Morgan fingerprint density at radius 3 is 1.60 bits per heavy atom. The molecule has 0 atom stereocenters. The molecule has 6 aromatic rings. The highest BCUT2D eigenvalue weighted by Gasteiger charge is 2.19. The number of carbonyl (C=O) groups is 3. The molecule has 0 unspecified atom stereocenters. The molecule has 0 spiro atoms. The Balaban J connectivity index is 0.000000218. The molecule has 12 heteroatoms. The van der Waals surface area contributed by atoms with E-state index in [0.29, 0.717) is 47.2 Å². The number of amides is 3. The van der Waals surface area contributed by atoms with Crippen molar-refractivity contribution in [2.75, 3.05) is 20.9 Å². The summed E-state index contributed by atoms with van der Waals surface area (Å²) in [4.78, 5) is 48.6. The number of fused-ring (bicyclic) bond motifs is 2. The predicted octanol–water partition coefficient (Wildman–Crippen LogP) is 7.49. The smallest absolute Gasteiger partial charge is 0.413 e. The van der Waals surface area contributed by atoms with Gasteiger partial charge in [-0.3, -0.25) is 14.9 Å². The van der Waals surface area contributed by atoms with Crippen LogP contribution in [0.3, 0.4) is 0 Å². The second-order valence-corrected chi connectivity index (χ2v) is 13.9. The third kappa shape index (κ3) is 10.6. The number of pyridine rings is 2. The van der Waals surface area contributed by atoms with Crippen LogP contribution in [0.1, 0.15) is 56.9 Å². The fourth-order valence-electron chi connectivity index (χ4n) is 5.93. The summed E-state index contributed by atoms with van der Waals surface area (Å²) in [5.41, 5.74) is 11.2. The van der Waals surface area contributed by atoms with Crippen LogP contribution in [0.15, 0.2) is 109 Å². The van der Waals surface area contributed by atoms with Crippen LogP contribution in [-0.2, 0) is 40.6 Å². The van der Waals surface area contributed by atoms with E-state index in [1.807, 2.05) is 91.0 Å². The average Bonchev–Trinajstić information content (AvgIpc) is 3.15. The number of aliphatic hydroxyl groups excluding tert-OH is 2. The average molecular weight is 743 g/mol. The number of anilines is 4. The van der Waals surface area contributed by atoms with E-state index in [4.69, 9.17) is 10.5 Å². The molecule has 0 aliphatic rings. The number of nitrogens with two attached hydrogens (primary N) is 1. The Bertz CT molecular complexity index is 2320. The maximum atomic E-state index is 12.3. The maximum absolute atomic E-state index is 12.3. The topological polar surface area (TPSA) is 171 Å². The summed E-state index contributed by atoms with van der Waals surface area (Å²) in [5, 5.41) is 23.7. The van der Waals surface area contributed by atoms with Crippen molar-refractivity contribution >= 4 is 62.7 Å². The zero-order chi connectivity index (χ0) is 39.7. The molecule has 0 aliphatic carbocycles. The lowest BCUT2D eigenvalue weighted by molar-refractivity contribution is -0.117. The molecular weight excluding hydrogens is 697 g/mol. The van der Waals surface area contributed by atoms with E-state index in [2.05, 4.69) is 15.3 Å². The zero-order valence-electron chi connectivity index (χ0n) is 31.6. The van der Waals surface area contributed by atoms with Gasteiger partial charge < -0.3 is 30.5 Å². The summed E-state index contributed by atoms with van der Waals surface area (Å²) >= 11 is 0. The molecule has 0 aliphatic heterocycles. The summed E-state index contributed by atoms with van der Waals surface area (Å²) in [5.74, 6) is 0.632. The number of hydrogen-bond donors (Lipinski definition) is 4. The van der Waals surface area contributed by atoms with E-state index in [-0.39, 0.29) is 25.0 Å². The summed E-state index contributed by atoms with van der Waals surface area (Å²) in [7, 11) is 0. The van der Waals surface area contributed by atoms with Gasteiger partial charge in [-0.1, -0.05) is 60.7 Å². The Hall–Kier alpha value is -6.37. The van der Waals surface area contributed by atoms with Gasteiger partial charge in [-0.15, -0.1) is 0 Å². The molecule has 0 fully saturated rings. The van der Waals surface area contributed by atoms with Crippen LogP contribution in [0.5, 0.6) is 0 Å². The molecule has 55 heavy (non-hydrogen) atoms. The van der Waals surface area contributed by atoms with E-state index in [9.17, 15) is 24.6 Å². The van der Waals surface area contributed by atoms with E-state index in [1.165, 1.54) is 13.8 Å². The number of rotatable bonds is 9. The quantitative estimate of drug-likeness (QED) is 0.117. The first kappa shape index (κ1) is 39.8. The van der Waals surface area contributed by atoms with E-state index in [1.54, 1.807) is 48.8 Å². The minimum atomic E-state index is -0.602. The van der Waals surface area contributed by atoms with Crippen LogP contribution in [-0.4, -0.2) is 43.7 Å². The van der Waals surface area contributed by atoms with Crippen molar-refractivity contribution in [3.05, 3.63) is 131 Å². The largest absolute Gasteiger partial charge is 0.444 e. The van der Waals surface area contributed by atoms with Crippen molar-refractivity contribution in [2.24, 2.45) is 0 Å². The number of hydrogen-bond acceptors (Lipinski definition) is 9. The maximum Gasteiger partial charge on any atom is 0.413 e. The Kier molecular flexibility index (Phi) is 12.8. The molecule has 4 aromatic carbocycles. The number of aliphatic hydroxyl groups is 2. The minimum absolute atomic E-state index is 0.0865. The first-order valence-electron chi connectivity index (χ1n) is 17.7. The Morgan fingerprint density at radius 1 is 0.673 bits per heavy atom. The molecule has 12 nitrogen and oxygen atoms in total. The molecule has 2 heterocycles. The van der Waals surface area contributed by atoms with Crippen molar-refractivity contribution in [3.63, 3.8) is 0 Å². The molecule has 0 saturated carbocycles. The van der Waals surface area contributed by atoms with Gasteiger partial charge in [0.1, 0.15) is 17.2 Å². The van der Waals surface area contributed by atoms with E-state index >= 15 is 0 Å². The highest BCUT2D eigenvalue weighted by molar-refractivity contribution is 5.93. The molecule has 5 N–H and O–H groups in total. The number of aromatic nitrogens is 2. The summed E-state index contributed by atoms with van der Waals surface area (Å²) < 4.78 is 5.27. The lowest BCUT2D eigenvalue weighted by Crippen LogP contribution is -2.28. The number of nitrogens with one attached hydrogen (secondary N) is 1. The van der Waals surface area contributed by atoms with Crippen molar-refractivity contribution in [2.45, 2.75) is 66.5 Å². The zero-order valence-corrected chi connectivity index (χ0v) is 31.6. The highest BCUT2D eigenvalue weighted by Crippen LogP contribution is 2.26. The lowest BCUT2D eigenvalue weighted by atomic mass is 10.1. The summed E-state index contributed by atoms with van der Waals surface area (Å²) in [6.45, 7) is 8.86. The number of benzene rings is 4. The molecular formula is C43H46N6O6. The molecule has 2 aromatic heterocycles. The van der Waals surface area contributed by atoms with E-state index < -0.39 is 11.7 Å². The Morgan fingerprint density at radius 2 is 1.13 bits per heavy atom. The third-order valence-electron chi connectivity index (χ3n) is 8.51. The van der Waals surface area contributed by atoms with Crippen LogP contribution < -0.4 is 20.9 Å². The van der Waals surface area contributed by atoms with Crippen molar-refractivity contribution in [1.82, 2.24) is 9.97 Å². The van der Waals surface area contributed by atoms with Crippen LogP contribution in [0, 0.1) is 0 Å². The minimum Gasteiger partial charge on any atom is -0.444 e. The molecule has 0 saturated heterocycles. The van der Waals surface area contributed by atoms with Crippen LogP contribution in [0.4, 0.5) is 27.8 Å². The van der Waals surface area contributed by atoms with Gasteiger partial charge in [-0.05, 0) is 80.4 Å². The number of carbonyl (C=O) groups excluding carboxylic acids is 3. The first-order chi connectivity index (χ1) is 26.2. The van der Waals surface area contributed by atoms with Gasteiger partial charge >= 0.3 is 6.09 Å². The number of nitrogens with zero attached hydrogens (tertiary/aromatic N) is 4. The second kappa shape index (κ2) is 17.6. The third-order valence-corrected chi connectivity index (χ3v) is 8.51. The SMILES string of the molecule is CC(=O)N(Cc1ccc2ccc(N)nc2c1)c1ccccc1CO.CC(=O)N(Cc1ccc2ccc(NC(=O)OC(C)(C)C)nc2c1)c1ccccc1CO. The molecule has 0 radical (unpaired) electrons. The molecule has 284 valence electrons. The fourth-order valence-corrected chi connectivity index (χ4v) is 5.93. The lowest BCUT2D eigenvalue weighted by Gasteiger charge is -2.24. The van der Waals surface area contributed by atoms with Crippen LogP contribution in [0.2, 0.25) is 0 Å². The van der Waals surface area contributed by atoms with Gasteiger partial charge in [0.05, 0.1) is 37.3 Å². The summed E-state index contributed by atoms with van der Waals surface area (Å²) in [6, 6.07) is 33.5. The standard InChI is InChI=1S/C24H27N3O4.C19H19N3O2/c1-16(29)27(21-8-6-5-7-19(21)15-28)14-17-9-10-18-11-12-22(25-20(18)13-17)26-23(30)31-24(2,3)4;1-13(24)22(18-5-3-2-4-16(18)12-23)11-14-6-7-15-8-9-19(20)21-17(15)10-14/h5-13,28H,14-15H2,1-4H3,(H,25,26,30);2-10,23H,11-12H2,1H3,(H2,20,21). The van der Waals surface area contributed by atoms with Gasteiger partial charge in [0.2, 0.25) is 11.8 Å².